The summed E-state index contributed by atoms with van der Waals surface area (Å²) in [5, 5.41) is 9.07. The summed E-state index contributed by atoms with van der Waals surface area (Å²) in [5.74, 6) is -0.872. The summed E-state index contributed by atoms with van der Waals surface area (Å²) in [5.41, 5.74) is 1.63. The fraction of sp³-hybridized carbons (Fsp3) is 0.222. The van der Waals surface area contributed by atoms with Crippen molar-refractivity contribution in [1.29, 1.82) is 0 Å². The van der Waals surface area contributed by atoms with Crippen LogP contribution < -0.4 is 0 Å². The zero-order valence-electron chi connectivity index (χ0n) is 6.97. The van der Waals surface area contributed by atoms with Crippen LogP contribution >= 0.6 is 27.5 Å². The molecule has 2 nitrogen and oxygen atoms in total. The molecule has 4 heteroatoms. The van der Waals surface area contributed by atoms with Crippen molar-refractivity contribution in [1.82, 2.24) is 0 Å². The van der Waals surface area contributed by atoms with Gasteiger partial charge >= 0.3 is 5.97 Å². The third-order valence-corrected chi connectivity index (χ3v) is 2.88. The van der Waals surface area contributed by atoms with E-state index in [1.165, 1.54) is 0 Å². The molecule has 0 saturated heterocycles. The van der Waals surface area contributed by atoms with Gasteiger partial charge in [0.15, 0.2) is 0 Å². The van der Waals surface area contributed by atoms with Crippen molar-refractivity contribution in [3.63, 3.8) is 0 Å². The summed E-state index contributed by atoms with van der Waals surface area (Å²) in [6.07, 6.45) is -0.0348. The maximum absolute atomic E-state index is 10.4. The summed E-state index contributed by atoms with van der Waals surface area (Å²) in [6, 6.07) is 3.50. The summed E-state index contributed by atoms with van der Waals surface area (Å²) in [6.45, 7) is 1.89. The average Bonchev–Trinajstić information content (AvgIpc) is 1.99. The minimum absolute atomic E-state index is 0.0348. The van der Waals surface area contributed by atoms with E-state index in [-0.39, 0.29) is 6.42 Å². The minimum atomic E-state index is -0.872. The zero-order valence-corrected chi connectivity index (χ0v) is 9.32. The Balaban J connectivity index is 3.08. The Morgan fingerprint density at radius 1 is 1.62 bits per heavy atom. The smallest absolute Gasteiger partial charge is 0.307 e. The topological polar surface area (TPSA) is 37.3 Å². The number of hydrogen-bond donors (Lipinski definition) is 1. The third-order valence-electron chi connectivity index (χ3n) is 1.67. The van der Waals surface area contributed by atoms with Crippen molar-refractivity contribution in [2.24, 2.45) is 0 Å². The molecule has 0 atom stereocenters. The molecule has 13 heavy (non-hydrogen) atoms. The highest BCUT2D eigenvalue weighted by Gasteiger charge is 2.07. The molecule has 70 valence electrons. The van der Waals surface area contributed by atoms with Gasteiger partial charge in [-0.3, -0.25) is 4.79 Å². The van der Waals surface area contributed by atoms with Crippen LogP contribution in [0.25, 0.3) is 0 Å². The third kappa shape index (κ3) is 2.71. The van der Waals surface area contributed by atoms with Gasteiger partial charge in [-0.05, 0) is 24.1 Å². The van der Waals surface area contributed by atoms with Crippen LogP contribution in [0.5, 0.6) is 0 Å². The van der Waals surface area contributed by atoms with Crippen LogP contribution in [-0.2, 0) is 11.2 Å². The van der Waals surface area contributed by atoms with Gasteiger partial charge in [-0.25, -0.2) is 0 Å². The van der Waals surface area contributed by atoms with E-state index in [9.17, 15) is 4.79 Å². The van der Waals surface area contributed by atoms with Gasteiger partial charge in [-0.15, -0.1) is 0 Å². The molecule has 0 aliphatic rings. The predicted octanol–water partition coefficient (Wildman–Crippen LogP) is 3.04. The first-order valence-electron chi connectivity index (χ1n) is 3.67. The molecule has 0 aliphatic carbocycles. The number of aryl methyl sites for hydroxylation is 1. The van der Waals surface area contributed by atoms with Crippen LogP contribution in [0.15, 0.2) is 16.6 Å². The Morgan fingerprint density at radius 3 is 2.77 bits per heavy atom. The van der Waals surface area contributed by atoms with Gasteiger partial charge in [0, 0.05) is 9.50 Å². The lowest BCUT2D eigenvalue weighted by Gasteiger charge is -2.04. The normalized spacial score (nSPS) is 10.1. The van der Waals surface area contributed by atoms with E-state index in [1.54, 1.807) is 12.1 Å². The largest absolute Gasteiger partial charge is 0.481 e. The van der Waals surface area contributed by atoms with Gasteiger partial charge in [0.2, 0.25) is 0 Å². The van der Waals surface area contributed by atoms with Gasteiger partial charge in [0.1, 0.15) is 0 Å². The maximum atomic E-state index is 10.4. The molecule has 1 N–H and O–H groups in total. The van der Waals surface area contributed by atoms with Crippen molar-refractivity contribution in [2.45, 2.75) is 13.3 Å². The molecule has 0 unspecified atom stereocenters. The highest BCUT2D eigenvalue weighted by atomic mass is 79.9. The summed E-state index contributed by atoms with van der Waals surface area (Å²) in [4.78, 5) is 10.4. The molecule has 0 saturated carbocycles. The Labute approximate surface area is 89.7 Å². The van der Waals surface area contributed by atoms with E-state index in [0.29, 0.717) is 10.6 Å². The van der Waals surface area contributed by atoms with E-state index in [0.717, 1.165) is 10.0 Å². The molecule has 1 aromatic carbocycles. The van der Waals surface area contributed by atoms with Crippen molar-refractivity contribution in [3.05, 3.63) is 32.8 Å². The van der Waals surface area contributed by atoms with Crippen molar-refractivity contribution in [2.75, 3.05) is 0 Å². The Bertz CT molecular complexity index is 350. The maximum Gasteiger partial charge on any atom is 0.307 e. The Morgan fingerprint density at radius 2 is 2.23 bits per heavy atom. The minimum Gasteiger partial charge on any atom is -0.481 e. The second kappa shape index (κ2) is 4.11. The van der Waals surface area contributed by atoms with Gasteiger partial charge in [0.05, 0.1) is 6.42 Å². The molecular formula is C9H8BrClO2. The second-order valence-corrected chi connectivity index (χ2v) is 4.02. The lowest BCUT2D eigenvalue weighted by molar-refractivity contribution is -0.136. The van der Waals surface area contributed by atoms with Crippen LogP contribution in [0.4, 0.5) is 0 Å². The molecule has 0 bridgehead atoms. The number of carboxylic acid groups (broad SMARTS) is 1. The first kappa shape index (κ1) is 10.5. The zero-order chi connectivity index (χ0) is 10.0. The summed E-state index contributed by atoms with van der Waals surface area (Å²) < 4.78 is 0.895. The number of rotatable bonds is 2. The fourth-order valence-corrected chi connectivity index (χ4v) is 1.72. The molecule has 0 spiro atoms. The van der Waals surface area contributed by atoms with Gasteiger partial charge in [-0.2, -0.15) is 0 Å². The molecule has 0 aliphatic heterocycles. The van der Waals surface area contributed by atoms with Crippen molar-refractivity contribution < 1.29 is 9.90 Å². The number of carbonyl (C=O) groups is 1. The van der Waals surface area contributed by atoms with Crippen LogP contribution in [0.3, 0.4) is 0 Å². The number of hydrogen-bond acceptors (Lipinski definition) is 1. The van der Waals surface area contributed by atoms with E-state index < -0.39 is 5.97 Å². The molecule has 0 heterocycles. The Kier molecular flexibility index (Phi) is 3.33. The molecule has 1 rings (SSSR count). The van der Waals surface area contributed by atoms with E-state index >= 15 is 0 Å². The highest BCUT2D eigenvalue weighted by Crippen LogP contribution is 2.25. The molecule has 0 amide bonds. The first-order valence-corrected chi connectivity index (χ1v) is 4.84. The molecule has 0 aromatic heterocycles. The SMILES string of the molecule is Cc1cc(CC(=O)O)c(Cl)cc1Br. The number of benzene rings is 1. The molecule has 0 fully saturated rings. The van der Waals surface area contributed by atoms with E-state index in [1.807, 2.05) is 6.92 Å². The first-order chi connectivity index (χ1) is 6.00. The van der Waals surface area contributed by atoms with Crippen LogP contribution in [0.2, 0.25) is 5.02 Å². The van der Waals surface area contributed by atoms with E-state index in [2.05, 4.69) is 15.9 Å². The molecule has 1 aromatic rings. The van der Waals surface area contributed by atoms with Gasteiger partial charge < -0.3 is 5.11 Å². The standard InChI is InChI=1S/C9H8BrClO2/c1-5-2-6(3-9(12)13)8(11)4-7(5)10/h2,4H,3H2,1H3,(H,12,13). The average molecular weight is 264 g/mol. The summed E-state index contributed by atoms with van der Waals surface area (Å²) in [7, 11) is 0. The number of aliphatic carboxylic acids is 1. The quantitative estimate of drug-likeness (QED) is 0.890. The summed E-state index contributed by atoms with van der Waals surface area (Å²) >= 11 is 9.17. The monoisotopic (exact) mass is 262 g/mol. The highest BCUT2D eigenvalue weighted by molar-refractivity contribution is 9.10. The van der Waals surface area contributed by atoms with Crippen LogP contribution in [-0.4, -0.2) is 11.1 Å². The van der Waals surface area contributed by atoms with Gasteiger partial charge in [-0.1, -0.05) is 33.6 Å². The molecule has 0 radical (unpaired) electrons. The second-order valence-electron chi connectivity index (χ2n) is 2.76. The van der Waals surface area contributed by atoms with Crippen LogP contribution in [0, 0.1) is 6.92 Å². The van der Waals surface area contributed by atoms with Crippen LogP contribution in [0.1, 0.15) is 11.1 Å². The fourth-order valence-electron chi connectivity index (χ4n) is 1.02. The Hall–Kier alpha value is -0.540. The molecular weight excluding hydrogens is 255 g/mol. The predicted molar refractivity (Wildman–Crippen MR) is 55.2 cm³/mol. The van der Waals surface area contributed by atoms with Crippen molar-refractivity contribution in [3.8, 4) is 0 Å². The number of halogens is 2. The lowest BCUT2D eigenvalue weighted by Crippen LogP contribution is -2.01. The number of carboxylic acids is 1. The van der Waals surface area contributed by atoms with E-state index in [4.69, 9.17) is 16.7 Å². The van der Waals surface area contributed by atoms with Crippen molar-refractivity contribution >= 4 is 33.5 Å². The lowest BCUT2D eigenvalue weighted by atomic mass is 10.1. The van der Waals surface area contributed by atoms with Gasteiger partial charge in [0.25, 0.3) is 0 Å².